The summed E-state index contributed by atoms with van der Waals surface area (Å²) >= 11 is 0. The van der Waals surface area contributed by atoms with Gasteiger partial charge in [-0.25, -0.2) is 9.59 Å². The van der Waals surface area contributed by atoms with Gasteiger partial charge in [0.15, 0.2) is 18.7 Å². The molecule has 38 heavy (non-hydrogen) atoms. The van der Waals surface area contributed by atoms with Crippen molar-refractivity contribution >= 4 is 8.38 Å². The van der Waals surface area contributed by atoms with Gasteiger partial charge < -0.3 is 34.8 Å². The first kappa shape index (κ1) is 30.0. The Kier molecular flexibility index (Phi) is 10.2. The van der Waals surface area contributed by atoms with Crippen LogP contribution in [0.3, 0.4) is 0 Å². The largest absolute Gasteiger partial charge is 0.394 e. The third-order valence-electron chi connectivity index (χ3n) is 5.62. The molecule has 0 radical (unpaired) electrons. The van der Waals surface area contributed by atoms with Crippen LogP contribution in [0, 0.1) is 13.8 Å². The normalized spacial score (nSPS) is 27.7. The standard InChI is InChI=1S/C10H15N2O8P.C10H14N2O5/c1-5-3-12(10(16)11-8(5)15)9-6(14)2-7(18-9)19-20-21(17)4-13;1-5-3-12(10(16)11-8(5)15)9-7(14)2-6(4-13)17-9/h3,6-7,9,13-14,17H,2,4H2,1H3,(H,11,15,16);3,6-7,9,13-14H,2,4H2,1H3,(H,11,15,16)/t6-,7+,9+,21?;6-,7-,9+/m00/s1. The number of aromatic amines is 2. The Bertz CT molecular complexity index is 1320. The summed E-state index contributed by atoms with van der Waals surface area (Å²) in [4.78, 5) is 63.8. The summed E-state index contributed by atoms with van der Waals surface area (Å²) in [6.07, 6.45) is -3.13. The van der Waals surface area contributed by atoms with Crippen LogP contribution in [-0.4, -0.2) is 82.0 Å². The molecule has 0 saturated carbocycles. The lowest BCUT2D eigenvalue weighted by Gasteiger charge is -2.17. The van der Waals surface area contributed by atoms with E-state index in [1.165, 1.54) is 19.3 Å². The lowest BCUT2D eigenvalue weighted by atomic mass is 10.2. The average Bonchev–Trinajstić information content (AvgIpc) is 3.44. The van der Waals surface area contributed by atoms with Crippen LogP contribution >= 0.6 is 8.38 Å². The zero-order valence-electron chi connectivity index (χ0n) is 20.3. The van der Waals surface area contributed by atoms with E-state index in [4.69, 9.17) is 29.5 Å². The van der Waals surface area contributed by atoms with Gasteiger partial charge in [0.25, 0.3) is 11.1 Å². The van der Waals surface area contributed by atoms with Gasteiger partial charge in [-0.1, -0.05) is 0 Å². The Labute approximate surface area is 214 Å². The van der Waals surface area contributed by atoms with Crippen LogP contribution in [0.2, 0.25) is 0 Å². The maximum absolute atomic E-state index is 11.7. The highest BCUT2D eigenvalue weighted by atomic mass is 31.2. The van der Waals surface area contributed by atoms with E-state index < -0.39 is 74.3 Å². The van der Waals surface area contributed by atoms with Crippen LogP contribution < -0.4 is 22.5 Å². The van der Waals surface area contributed by atoms with Crippen molar-refractivity contribution in [2.45, 2.75) is 63.7 Å². The van der Waals surface area contributed by atoms with Crippen molar-refractivity contribution in [3.05, 3.63) is 65.2 Å². The SMILES string of the molecule is Cc1cn([C@@H]2O[C@H](CO)C[C@@H]2O)c(=O)[nH]c1=O.Cc1cn([C@@H]2O[C@H](OOP(O)CO)C[C@@H]2O)c(=O)[nH]c1=O. The Morgan fingerprint density at radius 3 is 1.89 bits per heavy atom. The van der Waals surface area contributed by atoms with Crippen molar-refractivity contribution in [1.29, 1.82) is 0 Å². The van der Waals surface area contributed by atoms with Gasteiger partial charge in [-0.2, -0.15) is 9.56 Å². The molecule has 0 aliphatic carbocycles. The monoisotopic (exact) mass is 564 g/mol. The van der Waals surface area contributed by atoms with Crippen molar-refractivity contribution in [3.63, 3.8) is 0 Å². The number of aliphatic hydroxyl groups excluding tert-OH is 4. The molecule has 2 aromatic rings. The predicted octanol–water partition coefficient (Wildman–Crippen LogP) is -2.86. The Morgan fingerprint density at radius 1 is 0.921 bits per heavy atom. The summed E-state index contributed by atoms with van der Waals surface area (Å²) in [5, 5.41) is 37.2. The number of hydrogen-bond acceptors (Lipinski definition) is 13. The molecule has 0 amide bonds. The van der Waals surface area contributed by atoms with Crippen molar-refractivity contribution in [2.75, 3.05) is 13.0 Å². The van der Waals surface area contributed by atoms with Crippen molar-refractivity contribution in [1.82, 2.24) is 19.1 Å². The van der Waals surface area contributed by atoms with Crippen molar-refractivity contribution in [3.8, 4) is 0 Å². The van der Waals surface area contributed by atoms with Crippen LogP contribution in [-0.2, 0) is 19.0 Å². The molecule has 4 rings (SSSR count). The van der Waals surface area contributed by atoms with E-state index in [1.54, 1.807) is 6.92 Å². The van der Waals surface area contributed by atoms with Gasteiger partial charge in [0.1, 0.15) is 18.6 Å². The zero-order valence-corrected chi connectivity index (χ0v) is 21.2. The lowest BCUT2D eigenvalue weighted by molar-refractivity contribution is -0.318. The van der Waals surface area contributed by atoms with Crippen LogP contribution in [0.4, 0.5) is 0 Å². The lowest BCUT2D eigenvalue weighted by Crippen LogP contribution is -2.36. The Morgan fingerprint density at radius 2 is 1.42 bits per heavy atom. The van der Waals surface area contributed by atoms with Gasteiger partial charge >= 0.3 is 11.4 Å². The molecule has 4 heterocycles. The quantitative estimate of drug-likeness (QED) is 0.102. The minimum Gasteiger partial charge on any atom is -0.394 e. The minimum atomic E-state index is -2.14. The highest BCUT2D eigenvalue weighted by Crippen LogP contribution is 2.34. The fourth-order valence-electron chi connectivity index (χ4n) is 3.70. The fraction of sp³-hybridized carbons (Fsp3) is 0.600. The third-order valence-corrected chi connectivity index (χ3v) is 6.12. The molecule has 2 aromatic heterocycles. The molecule has 0 aromatic carbocycles. The maximum atomic E-state index is 11.7. The van der Waals surface area contributed by atoms with E-state index >= 15 is 0 Å². The first-order valence-electron chi connectivity index (χ1n) is 11.3. The fourth-order valence-corrected chi connectivity index (χ4v) is 3.94. The van der Waals surface area contributed by atoms with Gasteiger partial charge in [-0.15, -0.1) is 0 Å². The summed E-state index contributed by atoms with van der Waals surface area (Å²) in [5.41, 5.74) is -1.71. The van der Waals surface area contributed by atoms with Crippen molar-refractivity contribution in [2.24, 2.45) is 0 Å². The van der Waals surface area contributed by atoms with Gasteiger partial charge in [0, 0.05) is 36.4 Å². The van der Waals surface area contributed by atoms with E-state index in [0.29, 0.717) is 5.56 Å². The number of nitrogens with zero attached hydrogens (tertiary/aromatic N) is 2. The number of hydrogen-bond donors (Lipinski definition) is 7. The molecular formula is C20H29N4O13P. The summed E-state index contributed by atoms with van der Waals surface area (Å²) in [7, 11) is -2.14. The highest BCUT2D eigenvalue weighted by Gasteiger charge is 2.38. The van der Waals surface area contributed by atoms with E-state index in [-0.39, 0.29) is 25.0 Å². The molecule has 2 saturated heterocycles. The molecule has 2 aliphatic heterocycles. The van der Waals surface area contributed by atoms with E-state index in [2.05, 4.69) is 14.6 Å². The van der Waals surface area contributed by atoms with E-state index in [1.807, 2.05) is 0 Å². The van der Waals surface area contributed by atoms with Gasteiger partial charge in [0.2, 0.25) is 8.38 Å². The van der Waals surface area contributed by atoms with E-state index in [0.717, 1.165) is 9.13 Å². The third kappa shape index (κ3) is 7.09. The van der Waals surface area contributed by atoms with Crippen LogP contribution in [0.25, 0.3) is 0 Å². The number of H-pyrrole nitrogens is 2. The average molecular weight is 564 g/mol. The molecule has 2 fully saturated rings. The zero-order chi connectivity index (χ0) is 28.1. The van der Waals surface area contributed by atoms with Crippen LogP contribution in [0.1, 0.15) is 36.4 Å². The first-order chi connectivity index (χ1) is 17.9. The predicted molar refractivity (Wildman–Crippen MR) is 127 cm³/mol. The number of aliphatic hydroxyl groups is 4. The molecule has 212 valence electrons. The summed E-state index contributed by atoms with van der Waals surface area (Å²) in [6.45, 7) is 2.84. The first-order valence-corrected chi connectivity index (χ1v) is 12.7. The Hall–Kier alpha value is -2.57. The number of aryl methyl sites for hydroxylation is 2. The number of nitrogens with one attached hydrogen (secondary N) is 2. The second kappa shape index (κ2) is 13.0. The second-order valence-electron chi connectivity index (χ2n) is 8.52. The smallest absolute Gasteiger partial charge is 0.330 e. The van der Waals surface area contributed by atoms with Gasteiger partial charge in [-0.05, 0) is 13.8 Å². The summed E-state index contributed by atoms with van der Waals surface area (Å²) < 4.78 is 17.3. The highest BCUT2D eigenvalue weighted by molar-refractivity contribution is 7.45. The molecule has 0 spiro atoms. The topological polar surface area (TPSA) is 248 Å². The Balaban J connectivity index is 0.000000215. The van der Waals surface area contributed by atoms with Crippen LogP contribution in [0.5, 0.6) is 0 Å². The molecule has 2 aliphatic rings. The molecule has 18 heteroatoms. The molecule has 17 nitrogen and oxygen atoms in total. The van der Waals surface area contributed by atoms with Crippen LogP contribution in [0.15, 0.2) is 31.6 Å². The van der Waals surface area contributed by atoms with Gasteiger partial charge in [-0.3, -0.25) is 28.7 Å². The second-order valence-corrected chi connectivity index (χ2v) is 9.65. The van der Waals surface area contributed by atoms with Gasteiger partial charge in [0.05, 0.1) is 12.7 Å². The number of ether oxygens (including phenoxy) is 2. The summed E-state index contributed by atoms with van der Waals surface area (Å²) in [5.74, 6) is 0. The minimum absolute atomic E-state index is 0.0100. The molecule has 0 bridgehead atoms. The number of aromatic nitrogens is 4. The molecule has 7 atom stereocenters. The van der Waals surface area contributed by atoms with Crippen molar-refractivity contribution < 1.29 is 44.4 Å². The molecular weight excluding hydrogens is 535 g/mol. The molecule has 1 unspecified atom stereocenters. The van der Waals surface area contributed by atoms with E-state index in [9.17, 15) is 29.4 Å². The maximum Gasteiger partial charge on any atom is 0.330 e. The molecule has 7 N–H and O–H groups in total. The number of rotatable bonds is 7. The summed E-state index contributed by atoms with van der Waals surface area (Å²) in [6, 6.07) is 0.